The first-order valence-corrected chi connectivity index (χ1v) is 14.6. The van der Waals surface area contributed by atoms with Crippen LogP contribution in [0.1, 0.15) is 16.4 Å². The molecule has 6 nitrogen and oxygen atoms in total. The molecule has 41 heavy (non-hydrogen) atoms. The molecule has 4 aromatic carbocycles. The van der Waals surface area contributed by atoms with Crippen molar-refractivity contribution in [3.05, 3.63) is 132 Å². The van der Waals surface area contributed by atoms with E-state index in [-0.39, 0.29) is 11.8 Å². The van der Waals surface area contributed by atoms with Crippen LogP contribution in [-0.2, 0) is 9.59 Å². The Bertz CT molecular complexity index is 1650. The van der Waals surface area contributed by atoms with Gasteiger partial charge in [-0.25, -0.2) is 4.98 Å². The molecular weight excluding hydrogens is 551 g/mol. The Morgan fingerprint density at radius 3 is 2.41 bits per heavy atom. The molecule has 5 aromatic rings. The Morgan fingerprint density at radius 2 is 1.63 bits per heavy atom. The summed E-state index contributed by atoms with van der Waals surface area (Å²) in [5, 5.41) is 7.79. The topological polar surface area (TPSA) is 80.3 Å². The maximum Gasteiger partial charge on any atom is 0.248 e. The van der Waals surface area contributed by atoms with Gasteiger partial charge in [-0.3, -0.25) is 9.59 Å². The van der Waals surface area contributed by atoms with E-state index in [9.17, 15) is 9.59 Å². The van der Waals surface area contributed by atoms with Crippen molar-refractivity contribution in [2.24, 2.45) is 0 Å². The molecule has 0 spiro atoms. The van der Waals surface area contributed by atoms with Crippen LogP contribution in [0.5, 0.6) is 5.75 Å². The molecule has 0 aliphatic heterocycles. The number of methoxy groups -OCH3 is 1. The van der Waals surface area contributed by atoms with Crippen molar-refractivity contribution in [1.82, 2.24) is 4.98 Å². The first-order chi connectivity index (χ1) is 20.1. The molecule has 0 bridgehead atoms. The summed E-state index contributed by atoms with van der Waals surface area (Å²) in [6, 6.07) is 34.4. The molecule has 0 saturated carbocycles. The van der Waals surface area contributed by atoms with Gasteiger partial charge in [0.05, 0.1) is 12.8 Å². The van der Waals surface area contributed by atoms with Gasteiger partial charge in [-0.2, -0.15) is 0 Å². The van der Waals surface area contributed by atoms with Crippen LogP contribution in [0.25, 0.3) is 17.3 Å². The highest BCUT2D eigenvalue weighted by Crippen LogP contribution is 2.38. The molecule has 0 aliphatic rings. The second-order valence-corrected chi connectivity index (χ2v) is 11.0. The fourth-order valence-corrected chi connectivity index (χ4v) is 5.83. The van der Waals surface area contributed by atoms with Gasteiger partial charge < -0.3 is 15.4 Å². The Hall–Kier alpha value is -4.66. The van der Waals surface area contributed by atoms with E-state index in [4.69, 9.17) is 4.74 Å². The third kappa shape index (κ3) is 7.72. The number of carbonyl (C=O) groups is 2. The van der Waals surface area contributed by atoms with Gasteiger partial charge in [0.2, 0.25) is 11.8 Å². The molecule has 5 rings (SSSR count). The lowest BCUT2D eigenvalue weighted by Gasteiger charge is -2.17. The standard InChI is InChI=1S/C33H27N3O3S2/c1-39-27-16-8-14-25(20-27)29-22-40-33(35-29)36-32(38)31(24-12-6-3-7-13-24)41-28-17-9-15-26(21-28)34-30(37)19-18-23-10-4-2-5-11-23/h2-22,31H,1H3,(H,34,37)(H,35,36,38)/b19-18+. The molecule has 2 N–H and O–H groups in total. The summed E-state index contributed by atoms with van der Waals surface area (Å²) < 4.78 is 5.32. The quantitative estimate of drug-likeness (QED) is 0.130. The Labute approximate surface area is 247 Å². The van der Waals surface area contributed by atoms with Crippen molar-refractivity contribution in [3.63, 3.8) is 0 Å². The zero-order valence-electron chi connectivity index (χ0n) is 22.2. The minimum Gasteiger partial charge on any atom is -0.497 e. The fourth-order valence-electron chi connectivity index (χ4n) is 4.02. The van der Waals surface area contributed by atoms with Gasteiger partial charge in [0.25, 0.3) is 0 Å². The summed E-state index contributed by atoms with van der Waals surface area (Å²) in [7, 11) is 1.62. The lowest BCUT2D eigenvalue weighted by atomic mass is 10.1. The van der Waals surface area contributed by atoms with Crippen molar-refractivity contribution in [2.75, 3.05) is 17.7 Å². The van der Waals surface area contributed by atoms with Gasteiger partial charge in [-0.05, 0) is 47.5 Å². The zero-order chi connectivity index (χ0) is 28.4. The first kappa shape index (κ1) is 27.9. The van der Waals surface area contributed by atoms with Crippen LogP contribution < -0.4 is 15.4 Å². The van der Waals surface area contributed by atoms with E-state index in [1.807, 2.05) is 115 Å². The lowest BCUT2D eigenvalue weighted by Crippen LogP contribution is -2.19. The van der Waals surface area contributed by atoms with E-state index in [1.54, 1.807) is 13.2 Å². The lowest BCUT2D eigenvalue weighted by molar-refractivity contribution is -0.116. The molecule has 1 aromatic heterocycles. The molecule has 0 fully saturated rings. The average Bonchev–Trinajstić information content (AvgIpc) is 3.48. The maximum absolute atomic E-state index is 13.6. The fraction of sp³-hybridized carbons (Fsp3) is 0.0606. The molecule has 1 heterocycles. The summed E-state index contributed by atoms with van der Waals surface area (Å²) >= 11 is 2.78. The van der Waals surface area contributed by atoms with E-state index in [2.05, 4.69) is 15.6 Å². The number of carbonyl (C=O) groups excluding carboxylic acids is 2. The van der Waals surface area contributed by atoms with Crippen molar-refractivity contribution in [2.45, 2.75) is 10.1 Å². The maximum atomic E-state index is 13.6. The highest BCUT2D eigenvalue weighted by Gasteiger charge is 2.23. The number of nitrogens with zero attached hydrogens (tertiary/aromatic N) is 1. The Kier molecular flexibility index (Phi) is 9.26. The molecule has 1 atom stereocenters. The Morgan fingerprint density at radius 1 is 0.878 bits per heavy atom. The summed E-state index contributed by atoms with van der Waals surface area (Å²) in [5.74, 6) is 0.323. The van der Waals surface area contributed by atoms with Crippen LogP contribution in [0, 0.1) is 0 Å². The zero-order valence-corrected chi connectivity index (χ0v) is 23.8. The van der Waals surface area contributed by atoms with Gasteiger partial charge in [-0.1, -0.05) is 78.9 Å². The van der Waals surface area contributed by atoms with Crippen molar-refractivity contribution >= 4 is 51.8 Å². The molecule has 0 radical (unpaired) electrons. The van der Waals surface area contributed by atoms with Gasteiger partial charge in [0.1, 0.15) is 11.0 Å². The van der Waals surface area contributed by atoms with Crippen LogP contribution in [0.2, 0.25) is 0 Å². The van der Waals surface area contributed by atoms with Crippen LogP contribution >= 0.6 is 23.1 Å². The van der Waals surface area contributed by atoms with E-state index in [0.29, 0.717) is 10.8 Å². The largest absolute Gasteiger partial charge is 0.497 e. The third-order valence-electron chi connectivity index (χ3n) is 6.02. The highest BCUT2D eigenvalue weighted by molar-refractivity contribution is 8.00. The summed E-state index contributed by atoms with van der Waals surface area (Å²) in [4.78, 5) is 31.6. The smallest absolute Gasteiger partial charge is 0.248 e. The average molecular weight is 578 g/mol. The van der Waals surface area contributed by atoms with Crippen molar-refractivity contribution in [1.29, 1.82) is 0 Å². The number of benzene rings is 4. The van der Waals surface area contributed by atoms with Gasteiger partial charge in [0.15, 0.2) is 5.13 Å². The first-order valence-electron chi connectivity index (χ1n) is 12.8. The number of aromatic nitrogens is 1. The number of nitrogens with one attached hydrogen (secondary N) is 2. The predicted molar refractivity (Wildman–Crippen MR) is 168 cm³/mol. The second-order valence-electron chi connectivity index (χ2n) is 8.93. The molecule has 2 amide bonds. The van der Waals surface area contributed by atoms with Crippen molar-refractivity contribution in [3.8, 4) is 17.0 Å². The number of anilines is 2. The van der Waals surface area contributed by atoms with Gasteiger partial charge >= 0.3 is 0 Å². The van der Waals surface area contributed by atoms with E-state index in [0.717, 1.165) is 33.0 Å². The SMILES string of the molecule is COc1cccc(-c2csc(NC(=O)C(Sc3cccc(NC(=O)/C=C/c4ccccc4)c3)c3ccccc3)n2)c1. The van der Waals surface area contributed by atoms with Crippen LogP contribution in [0.15, 0.2) is 126 Å². The Balaban J connectivity index is 1.30. The molecule has 204 valence electrons. The summed E-state index contributed by atoms with van der Waals surface area (Å²) in [6.07, 6.45) is 3.27. The third-order valence-corrected chi connectivity index (χ3v) is 8.03. The number of hydrogen-bond acceptors (Lipinski definition) is 6. The molecule has 0 aliphatic carbocycles. The number of hydrogen-bond donors (Lipinski definition) is 2. The summed E-state index contributed by atoms with van der Waals surface area (Å²) in [5.41, 5.74) is 4.12. The normalized spacial score (nSPS) is 11.6. The van der Waals surface area contributed by atoms with E-state index in [1.165, 1.54) is 29.2 Å². The number of rotatable bonds is 10. The van der Waals surface area contributed by atoms with E-state index < -0.39 is 5.25 Å². The minimum atomic E-state index is -0.538. The van der Waals surface area contributed by atoms with Crippen molar-refractivity contribution < 1.29 is 14.3 Å². The second kappa shape index (κ2) is 13.6. The monoisotopic (exact) mass is 577 g/mol. The number of thioether (sulfide) groups is 1. The van der Waals surface area contributed by atoms with Gasteiger partial charge in [0, 0.05) is 27.6 Å². The number of ether oxygens (including phenoxy) is 1. The highest BCUT2D eigenvalue weighted by atomic mass is 32.2. The number of thiazole rings is 1. The van der Waals surface area contributed by atoms with Crippen LogP contribution in [0.3, 0.4) is 0 Å². The van der Waals surface area contributed by atoms with Gasteiger partial charge in [-0.15, -0.1) is 23.1 Å². The number of amides is 2. The molecule has 0 saturated heterocycles. The molecule has 1 unspecified atom stereocenters. The van der Waals surface area contributed by atoms with Crippen LogP contribution in [0.4, 0.5) is 10.8 Å². The van der Waals surface area contributed by atoms with E-state index >= 15 is 0 Å². The summed E-state index contributed by atoms with van der Waals surface area (Å²) in [6.45, 7) is 0. The predicted octanol–water partition coefficient (Wildman–Crippen LogP) is 7.94. The molecular formula is C33H27N3O3S2. The minimum absolute atomic E-state index is 0.187. The molecule has 8 heteroatoms. The van der Waals surface area contributed by atoms with Crippen LogP contribution in [-0.4, -0.2) is 23.9 Å².